The standard InChI is InChI=1S/C12H16N4O2/c13-15-14-10-7-16(11(8-17)12(10)18)6-9-4-2-1-3-5-9/h1-5,10-12,17-18H,6-8H2/t10-,11-,12+/m0/s1. The molecular formula is C12H16N4O2. The summed E-state index contributed by atoms with van der Waals surface area (Å²) in [6.07, 6.45) is -0.811. The van der Waals surface area contributed by atoms with E-state index in [0.717, 1.165) is 5.56 Å². The Labute approximate surface area is 105 Å². The fraction of sp³-hybridized carbons (Fsp3) is 0.500. The van der Waals surface area contributed by atoms with Gasteiger partial charge >= 0.3 is 0 Å². The van der Waals surface area contributed by atoms with Crippen molar-refractivity contribution in [1.82, 2.24) is 4.90 Å². The minimum atomic E-state index is -0.811. The Bertz CT molecular complexity index is 433. The van der Waals surface area contributed by atoms with Crippen molar-refractivity contribution in [2.45, 2.75) is 24.7 Å². The summed E-state index contributed by atoms with van der Waals surface area (Å²) in [6.45, 7) is 0.942. The molecule has 2 rings (SSSR count). The van der Waals surface area contributed by atoms with E-state index in [1.807, 2.05) is 35.2 Å². The summed E-state index contributed by atoms with van der Waals surface area (Å²) >= 11 is 0. The van der Waals surface area contributed by atoms with Crippen LogP contribution in [-0.2, 0) is 6.54 Å². The molecule has 1 aromatic rings. The maximum atomic E-state index is 9.96. The molecule has 1 saturated heterocycles. The highest BCUT2D eigenvalue weighted by atomic mass is 16.3. The summed E-state index contributed by atoms with van der Waals surface area (Å²) in [4.78, 5) is 4.68. The Hall–Kier alpha value is -1.59. The lowest BCUT2D eigenvalue weighted by atomic mass is 10.1. The van der Waals surface area contributed by atoms with Crippen molar-refractivity contribution in [1.29, 1.82) is 0 Å². The minimum absolute atomic E-state index is 0.147. The molecule has 0 unspecified atom stereocenters. The molecule has 1 heterocycles. The third-order valence-corrected chi connectivity index (χ3v) is 3.29. The average molecular weight is 248 g/mol. The molecule has 1 fully saturated rings. The Morgan fingerprint density at radius 2 is 2.11 bits per heavy atom. The molecular weight excluding hydrogens is 232 g/mol. The van der Waals surface area contributed by atoms with E-state index >= 15 is 0 Å². The van der Waals surface area contributed by atoms with Gasteiger partial charge in [0.05, 0.1) is 24.8 Å². The highest BCUT2D eigenvalue weighted by molar-refractivity contribution is 5.15. The molecule has 0 saturated carbocycles. The van der Waals surface area contributed by atoms with Crippen LogP contribution in [0.1, 0.15) is 5.56 Å². The van der Waals surface area contributed by atoms with Crippen LogP contribution in [0.2, 0.25) is 0 Å². The van der Waals surface area contributed by atoms with E-state index in [9.17, 15) is 10.2 Å². The van der Waals surface area contributed by atoms with E-state index in [-0.39, 0.29) is 12.6 Å². The first kappa shape index (κ1) is 12.9. The van der Waals surface area contributed by atoms with E-state index in [4.69, 9.17) is 5.53 Å². The number of aliphatic hydroxyl groups excluding tert-OH is 2. The van der Waals surface area contributed by atoms with Crippen molar-refractivity contribution in [3.8, 4) is 0 Å². The van der Waals surface area contributed by atoms with Crippen LogP contribution in [0.15, 0.2) is 35.4 Å². The zero-order chi connectivity index (χ0) is 13.0. The van der Waals surface area contributed by atoms with Gasteiger partial charge in [-0.15, -0.1) is 0 Å². The van der Waals surface area contributed by atoms with E-state index in [1.165, 1.54) is 0 Å². The minimum Gasteiger partial charge on any atom is -0.395 e. The first-order valence-electron chi connectivity index (χ1n) is 5.87. The monoisotopic (exact) mass is 248 g/mol. The van der Waals surface area contributed by atoms with Gasteiger partial charge in [-0.3, -0.25) is 4.90 Å². The Balaban J connectivity index is 2.10. The van der Waals surface area contributed by atoms with Crippen LogP contribution in [0.4, 0.5) is 0 Å². The van der Waals surface area contributed by atoms with Gasteiger partial charge in [0.15, 0.2) is 0 Å². The maximum Gasteiger partial charge on any atom is 0.0814 e. The molecule has 6 nitrogen and oxygen atoms in total. The SMILES string of the molecule is [N-]=[N+]=N[C@H]1CN(Cc2ccccc2)[C@@H](CO)[C@@H]1O. The van der Waals surface area contributed by atoms with Crippen molar-refractivity contribution in [3.05, 3.63) is 46.3 Å². The Kier molecular flexibility index (Phi) is 4.17. The van der Waals surface area contributed by atoms with E-state index < -0.39 is 12.1 Å². The molecule has 2 N–H and O–H groups in total. The van der Waals surface area contributed by atoms with Crippen molar-refractivity contribution >= 4 is 0 Å². The van der Waals surface area contributed by atoms with Crippen molar-refractivity contribution in [3.63, 3.8) is 0 Å². The summed E-state index contributed by atoms with van der Waals surface area (Å²) in [5, 5.41) is 22.9. The molecule has 0 amide bonds. The Morgan fingerprint density at radius 3 is 2.72 bits per heavy atom. The van der Waals surface area contributed by atoms with Crippen LogP contribution >= 0.6 is 0 Å². The molecule has 18 heavy (non-hydrogen) atoms. The van der Waals surface area contributed by atoms with Crippen molar-refractivity contribution in [2.24, 2.45) is 5.11 Å². The fourth-order valence-electron chi connectivity index (χ4n) is 2.35. The highest BCUT2D eigenvalue weighted by Crippen LogP contribution is 2.23. The van der Waals surface area contributed by atoms with Gasteiger partial charge in [-0.25, -0.2) is 0 Å². The van der Waals surface area contributed by atoms with Gasteiger partial charge in [0.1, 0.15) is 0 Å². The smallest absolute Gasteiger partial charge is 0.0814 e. The average Bonchev–Trinajstić information content (AvgIpc) is 2.67. The number of rotatable bonds is 4. The van der Waals surface area contributed by atoms with Gasteiger partial charge in [-0.2, -0.15) is 0 Å². The number of hydrogen-bond donors (Lipinski definition) is 2. The summed E-state index contributed by atoms with van der Waals surface area (Å²) in [7, 11) is 0. The lowest BCUT2D eigenvalue weighted by Crippen LogP contribution is -2.38. The number of likely N-dealkylation sites (tertiary alicyclic amines) is 1. The van der Waals surface area contributed by atoms with Crippen LogP contribution in [0.3, 0.4) is 0 Å². The topological polar surface area (TPSA) is 92.5 Å². The van der Waals surface area contributed by atoms with Gasteiger partial charge in [-0.05, 0) is 11.1 Å². The third kappa shape index (κ3) is 2.63. The number of benzene rings is 1. The van der Waals surface area contributed by atoms with Gasteiger partial charge in [0.25, 0.3) is 0 Å². The number of azide groups is 1. The maximum absolute atomic E-state index is 9.96. The zero-order valence-corrected chi connectivity index (χ0v) is 9.92. The molecule has 1 aliphatic rings. The third-order valence-electron chi connectivity index (χ3n) is 3.29. The molecule has 96 valence electrons. The number of hydrogen-bond acceptors (Lipinski definition) is 4. The van der Waals surface area contributed by atoms with E-state index in [2.05, 4.69) is 10.0 Å². The molecule has 6 heteroatoms. The number of aliphatic hydroxyl groups is 2. The predicted molar refractivity (Wildman–Crippen MR) is 66.7 cm³/mol. The molecule has 0 radical (unpaired) electrons. The van der Waals surface area contributed by atoms with Crippen LogP contribution < -0.4 is 0 Å². The van der Waals surface area contributed by atoms with E-state index in [0.29, 0.717) is 13.1 Å². The quantitative estimate of drug-likeness (QED) is 0.471. The lowest BCUT2D eigenvalue weighted by molar-refractivity contribution is 0.0646. The second kappa shape index (κ2) is 5.84. The molecule has 0 aliphatic carbocycles. The summed E-state index contributed by atoms with van der Waals surface area (Å²) in [5.74, 6) is 0. The van der Waals surface area contributed by atoms with Crippen LogP contribution in [0.25, 0.3) is 10.4 Å². The fourth-order valence-corrected chi connectivity index (χ4v) is 2.35. The second-order valence-corrected chi connectivity index (χ2v) is 4.43. The van der Waals surface area contributed by atoms with Crippen molar-refractivity contribution in [2.75, 3.05) is 13.2 Å². The molecule has 0 aromatic heterocycles. The largest absolute Gasteiger partial charge is 0.395 e. The highest BCUT2D eigenvalue weighted by Gasteiger charge is 2.39. The van der Waals surface area contributed by atoms with E-state index in [1.54, 1.807) is 0 Å². The zero-order valence-electron chi connectivity index (χ0n) is 9.92. The van der Waals surface area contributed by atoms with Crippen LogP contribution in [-0.4, -0.2) is 46.5 Å². The molecule has 0 bridgehead atoms. The van der Waals surface area contributed by atoms with Gasteiger partial charge in [-0.1, -0.05) is 35.4 Å². The van der Waals surface area contributed by atoms with Gasteiger partial charge < -0.3 is 10.2 Å². The second-order valence-electron chi connectivity index (χ2n) is 4.43. The summed E-state index contributed by atoms with van der Waals surface area (Å²) < 4.78 is 0. The summed E-state index contributed by atoms with van der Waals surface area (Å²) in [5.41, 5.74) is 9.55. The lowest BCUT2D eigenvalue weighted by Gasteiger charge is -2.24. The predicted octanol–water partition coefficient (Wildman–Crippen LogP) is 0.903. The van der Waals surface area contributed by atoms with Gasteiger partial charge in [0.2, 0.25) is 0 Å². The molecule has 3 atom stereocenters. The number of nitrogens with zero attached hydrogens (tertiary/aromatic N) is 4. The Morgan fingerprint density at radius 1 is 1.39 bits per heavy atom. The first-order valence-corrected chi connectivity index (χ1v) is 5.87. The molecule has 0 spiro atoms. The first-order chi connectivity index (χ1) is 8.76. The molecule has 1 aromatic carbocycles. The molecule has 1 aliphatic heterocycles. The summed E-state index contributed by atoms with van der Waals surface area (Å²) in [6, 6.07) is 8.94. The van der Waals surface area contributed by atoms with Gasteiger partial charge in [0, 0.05) is 18.0 Å². The van der Waals surface area contributed by atoms with Crippen molar-refractivity contribution < 1.29 is 10.2 Å². The van der Waals surface area contributed by atoms with Crippen LogP contribution in [0.5, 0.6) is 0 Å². The van der Waals surface area contributed by atoms with Crippen LogP contribution in [0, 0.1) is 0 Å². The normalized spacial score (nSPS) is 28.0.